The van der Waals surface area contributed by atoms with Crippen molar-refractivity contribution in [3.8, 4) is 34.5 Å². The molecule has 0 saturated carbocycles. The third-order valence-electron chi connectivity index (χ3n) is 4.04. The molecule has 0 atom stereocenters. The summed E-state index contributed by atoms with van der Waals surface area (Å²) in [6.45, 7) is 2.84. The van der Waals surface area contributed by atoms with Gasteiger partial charge in [0.1, 0.15) is 12.4 Å². The van der Waals surface area contributed by atoms with Crippen LogP contribution in [-0.2, 0) is 10.0 Å². The normalized spacial score (nSPS) is 11.3. The van der Waals surface area contributed by atoms with Gasteiger partial charge in [0.15, 0.2) is 0 Å². The average molecular weight is 433 g/mol. The summed E-state index contributed by atoms with van der Waals surface area (Å²) in [4.78, 5) is 4.24. The number of benzene rings is 1. The van der Waals surface area contributed by atoms with Gasteiger partial charge in [-0.05, 0) is 37.3 Å². The number of hydrogen-bond donors (Lipinski definition) is 1. The summed E-state index contributed by atoms with van der Waals surface area (Å²) >= 11 is 0. The number of rotatable bonds is 10. The van der Waals surface area contributed by atoms with E-state index < -0.39 is 10.0 Å². The van der Waals surface area contributed by atoms with E-state index in [2.05, 4.69) is 14.8 Å². The maximum absolute atomic E-state index is 11.1. The summed E-state index contributed by atoms with van der Waals surface area (Å²) in [5.74, 6) is 1.66. The Morgan fingerprint density at radius 2 is 1.83 bits per heavy atom. The molecule has 10 heteroatoms. The number of pyridine rings is 1. The molecule has 0 aliphatic heterocycles. The third kappa shape index (κ3) is 5.71. The first-order valence-electron chi connectivity index (χ1n) is 9.31. The lowest BCUT2D eigenvalue weighted by atomic mass is 10.1. The highest BCUT2D eigenvalue weighted by Crippen LogP contribution is 2.28. The van der Waals surface area contributed by atoms with E-state index in [0.717, 1.165) is 23.2 Å². The molecule has 9 nitrogen and oxygen atoms in total. The highest BCUT2D eigenvalue weighted by atomic mass is 32.2. The monoisotopic (exact) mass is 432 g/mol. The van der Waals surface area contributed by atoms with Crippen molar-refractivity contribution < 1.29 is 22.6 Å². The molecule has 0 aliphatic rings. The van der Waals surface area contributed by atoms with Crippen molar-refractivity contribution in [1.29, 1.82) is 0 Å². The van der Waals surface area contributed by atoms with Crippen LogP contribution >= 0.6 is 0 Å². The Morgan fingerprint density at radius 1 is 1.07 bits per heavy atom. The third-order valence-corrected chi connectivity index (χ3v) is 4.77. The number of aromatic nitrogens is 3. The molecular weight excluding hydrogens is 408 g/mol. The summed E-state index contributed by atoms with van der Waals surface area (Å²) in [6.07, 6.45) is 2.79. The maximum atomic E-state index is 11.1. The lowest BCUT2D eigenvalue weighted by molar-refractivity contribution is 0.323. The zero-order valence-corrected chi connectivity index (χ0v) is 17.8. The van der Waals surface area contributed by atoms with E-state index >= 15 is 0 Å². The lowest BCUT2D eigenvalue weighted by Crippen LogP contribution is -2.26. The van der Waals surface area contributed by atoms with Gasteiger partial charge in [-0.1, -0.05) is 0 Å². The fraction of sp³-hybridized carbons (Fsp3) is 0.300. The Balaban J connectivity index is 1.80. The quantitative estimate of drug-likeness (QED) is 0.490. The molecule has 30 heavy (non-hydrogen) atoms. The van der Waals surface area contributed by atoms with E-state index in [-0.39, 0.29) is 13.2 Å². The van der Waals surface area contributed by atoms with Gasteiger partial charge in [-0.2, -0.15) is 0 Å². The van der Waals surface area contributed by atoms with Crippen molar-refractivity contribution in [2.24, 2.45) is 0 Å². The topological polar surface area (TPSA) is 105 Å². The molecule has 2 aromatic heterocycles. The van der Waals surface area contributed by atoms with Crippen molar-refractivity contribution in [2.45, 2.75) is 6.92 Å². The van der Waals surface area contributed by atoms with E-state index in [4.69, 9.17) is 14.2 Å². The van der Waals surface area contributed by atoms with Crippen LogP contribution < -0.4 is 18.9 Å². The van der Waals surface area contributed by atoms with Crippen molar-refractivity contribution in [3.05, 3.63) is 48.7 Å². The van der Waals surface area contributed by atoms with Crippen LogP contribution in [0.5, 0.6) is 17.5 Å². The van der Waals surface area contributed by atoms with E-state index in [1.165, 1.54) is 0 Å². The Bertz CT molecular complexity index is 1060. The van der Waals surface area contributed by atoms with Crippen LogP contribution in [0.1, 0.15) is 6.92 Å². The predicted octanol–water partition coefficient (Wildman–Crippen LogP) is 2.27. The molecular formula is C20H24N4O5S. The van der Waals surface area contributed by atoms with E-state index in [9.17, 15) is 8.42 Å². The number of methoxy groups -OCH3 is 1. The molecule has 2 heterocycles. The van der Waals surface area contributed by atoms with Gasteiger partial charge in [-0.15, -0.1) is 5.10 Å². The van der Waals surface area contributed by atoms with Crippen LogP contribution in [0.4, 0.5) is 0 Å². The second kappa shape index (κ2) is 9.59. The van der Waals surface area contributed by atoms with Gasteiger partial charge >= 0.3 is 0 Å². The minimum absolute atomic E-state index is 0.204. The van der Waals surface area contributed by atoms with Crippen LogP contribution in [0.2, 0.25) is 0 Å². The summed E-state index contributed by atoms with van der Waals surface area (Å²) in [6, 6.07) is 12.9. The molecule has 0 unspecified atom stereocenters. The molecule has 0 amide bonds. The van der Waals surface area contributed by atoms with Gasteiger partial charge in [0.25, 0.3) is 0 Å². The molecule has 1 N–H and O–H groups in total. The standard InChI is InChI=1S/C20H24N4O5S/c1-4-28-20-13-18(24(23-20)16-7-10-19(27-2)21-14-16)15-5-8-17(9-6-15)29-12-11-22-30(3,25)26/h5-10,13-14,22H,4,11-12H2,1-3H3. The average Bonchev–Trinajstić information content (AvgIpc) is 3.15. The van der Waals surface area contributed by atoms with Gasteiger partial charge < -0.3 is 14.2 Å². The highest BCUT2D eigenvalue weighted by molar-refractivity contribution is 7.88. The second-order valence-electron chi connectivity index (χ2n) is 6.31. The smallest absolute Gasteiger partial charge is 0.233 e. The van der Waals surface area contributed by atoms with E-state index in [0.29, 0.717) is 24.1 Å². The van der Waals surface area contributed by atoms with Crippen LogP contribution in [0.15, 0.2) is 48.7 Å². The zero-order chi connectivity index (χ0) is 21.6. The summed E-state index contributed by atoms with van der Waals surface area (Å²) in [5, 5.41) is 4.53. The molecule has 3 rings (SSSR count). The number of nitrogens with zero attached hydrogens (tertiary/aromatic N) is 3. The van der Waals surface area contributed by atoms with Gasteiger partial charge in [0.05, 0.1) is 37.6 Å². The largest absolute Gasteiger partial charge is 0.492 e. The van der Waals surface area contributed by atoms with E-state index in [1.54, 1.807) is 24.1 Å². The zero-order valence-electron chi connectivity index (χ0n) is 17.0. The van der Waals surface area contributed by atoms with Gasteiger partial charge in [-0.3, -0.25) is 0 Å². The van der Waals surface area contributed by atoms with Crippen LogP contribution in [0.3, 0.4) is 0 Å². The molecule has 0 saturated heterocycles. The van der Waals surface area contributed by atoms with Crippen molar-refractivity contribution in [1.82, 2.24) is 19.5 Å². The van der Waals surface area contributed by atoms with Gasteiger partial charge in [0.2, 0.25) is 21.8 Å². The van der Waals surface area contributed by atoms with Gasteiger partial charge in [0, 0.05) is 24.2 Å². The lowest BCUT2D eigenvalue weighted by Gasteiger charge is -2.09. The first kappa shape index (κ1) is 21.6. The maximum Gasteiger partial charge on any atom is 0.233 e. The first-order chi connectivity index (χ1) is 14.4. The number of sulfonamides is 1. The molecule has 0 fully saturated rings. The highest BCUT2D eigenvalue weighted by Gasteiger charge is 2.13. The van der Waals surface area contributed by atoms with Crippen molar-refractivity contribution in [3.63, 3.8) is 0 Å². The molecule has 0 bridgehead atoms. The predicted molar refractivity (Wildman–Crippen MR) is 113 cm³/mol. The van der Waals surface area contributed by atoms with Gasteiger partial charge in [-0.25, -0.2) is 22.8 Å². The Labute approximate surface area is 175 Å². The van der Waals surface area contributed by atoms with E-state index in [1.807, 2.05) is 43.3 Å². The fourth-order valence-corrected chi connectivity index (χ4v) is 3.17. The first-order valence-corrected chi connectivity index (χ1v) is 11.2. The molecule has 3 aromatic rings. The van der Waals surface area contributed by atoms with Crippen LogP contribution in [0.25, 0.3) is 16.9 Å². The Hall–Kier alpha value is -3.11. The number of hydrogen-bond acceptors (Lipinski definition) is 7. The molecule has 1 aromatic carbocycles. The number of ether oxygens (including phenoxy) is 3. The summed E-state index contributed by atoms with van der Waals surface area (Å²) in [7, 11) is -1.66. The minimum atomic E-state index is -3.22. The minimum Gasteiger partial charge on any atom is -0.492 e. The van der Waals surface area contributed by atoms with Crippen molar-refractivity contribution >= 4 is 10.0 Å². The molecule has 0 spiro atoms. The Morgan fingerprint density at radius 3 is 2.43 bits per heavy atom. The summed E-state index contributed by atoms with van der Waals surface area (Å²) < 4.78 is 42.6. The van der Waals surface area contributed by atoms with Crippen molar-refractivity contribution in [2.75, 3.05) is 33.1 Å². The fourth-order valence-electron chi connectivity index (χ4n) is 2.72. The number of nitrogens with one attached hydrogen (secondary N) is 1. The molecule has 0 aliphatic carbocycles. The van der Waals surface area contributed by atoms with Crippen LogP contribution in [-0.4, -0.2) is 56.3 Å². The SMILES string of the molecule is CCOc1cc(-c2ccc(OCCNS(C)(=O)=O)cc2)n(-c2ccc(OC)nc2)n1. The summed E-state index contributed by atoms with van der Waals surface area (Å²) in [5.41, 5.74) is 2.51. The van der Waals surface area contributed by atoms with Crippen LogP contribution in [0, 0.1) is 0 Å². The second-order valence-corrected chi connectivity index (χ2v) is 8.14. The molecule has 160 valence electrons. The Kier molecular flexibility index (Phi) is 6.91. The molecule has 0 radical (unpaired) electrons.